The second-order valence-corrected chi connectivity index (χ2v) is 7.37. The maximum Gasteiger partial charge on any atom is 0.330 e. The number of amides is 1. The number of aromatic amines is 1. The zero-order chi connectivity index (χ0) is 21.0. The van der Waals surface area contributed by atoms with Gasteiger partial charge in [-0.1, -0.05) is 13.3 Å². The molecule has 3 heterocycles. The molecule has 3 rings (SSSR count). The Labute approximate surface area is 170 Å². The van der Waals surface area contributed by atoms with E-state index in [1.165, 1.54) is 27.9 Å². The van der Waals surface area contributed by atoms with E-state index in [-0.39, 0.29) is 23.8 Å². The Balaban J connectivity index is 1.83. The number of nitrogen functional groups attached to an aromatic ring is 1. The van der Waals surface area contributed by atoms with Gasteiger partial charge in [0.1, 0.15) is 10.8 Å². The average molecular weight is 414 g/mol. The summed E-state index contributed by atoms with van der Waals surface area (Å²) in [5, 5.41) is 2.55. The number of likely N-dealkylation sites (N-methyl/N-ethyl adjacent to an activating group) is 1. The smallest absolute Gasteiger partial charge is 0.330 e. The van der Waals surface area contributed by atoms with Gasteiger partial charge in [-0.15, -0.1) is 11.3 Å². The lowest BCUT2D eigenvalue weighted by molar-refractivity contribution is -0.117. The van der Waals surface area contributed by atoms with Crippen molar-refractivity contribution in [3.8, 4) is 10.6 Å². The summed E-state index contributed by atoms with van der Waals surface area (Å²) in [5.74, 6) is -0.372. The van der Waals surface area contributed by atoms with Crippen molar-refractivity contribution in [2.75, 3.05) is 17.7 Å². The zero-order valence-electron chi connectivity index (χ0n) is 16.2. The van der Waals surface area contributed by atoms with E-state index in [4.69, 9.17) is 5.73 Å². The van der Waals surface area contributed by atoms with E-state index in [1.807, 2.05) is 19.1 Å². The van der Waals surface area contributed by atoms with E-state index in [2.05, 4.69) is 15.0 Å². The van der Waals surface area contributed by atoms with Gasteiger partial charge < -0.3 is 10.6 Å². The summed E-state index contributed by atoms with van der Waals surface area (Å²) in [4.78, 5) is 49.1. The molecule has 0 saturated carbocycles. The summed E-state index contributed by atoms with van der Waals surface area (Å²) in [6.45, 7) is 2.35. The van der Waals surface area contributed by atoms with Crippen molar-refractivity contribution >= 4 is 28.7 Å². The van der Waals surface area contributed by atoms with Gasteiger partial charge in [0.05, 0.1) is 12.1 Å². The van der Waals surface area contributed by atoms with Crippen LogP contribution < -0.4 is 21.9 Å². The summed E-state index contributed by atoms with van der Waals surface area (Å²) in [6, 6.07) is 3.71. The molecular formula is C19H22N6O3S. The molecule has 0 aliphatic carbocycles. The van der Waals surface area contributed by atoms with Crippen LogP contribution in [0.3, 0.4) is 0 Å². The molecule has 0 unspecified atom stereocenters. The van der Waals surface area contributed by atoms with Crippen LogP contribution in [-0.4, -0.2) is 32.5 Å². The van der Waals surface area contributed by atoms with E-state index in [0.717, 1.165) is 23.4 Å². The number of nitrogens with one attached hydrogen (secondary N) is 1. The average Bonchev–Trinajstić information content (AvgIpc) is 3.16. The minimum absolute atomic E-state index is 0.000227. The molecule has 0 spiro atoms. The van der Waals surface area contributed by atoms with E-state index >= 15 is 0 Å². The summed E-state index contributed by atoms with van der Waals surface area (Å²) in [6.07, 6.45) is 4.97. The van der Waals surface area contributed by atoms with Crippen molar-refractivity contribution in [2.45, 2.75) is 32.7 Å². The van der Waals surface area contributed by atoms with E-state index in [1.54, 1.807) is 17.8 Å². The minimum Gasteiger partial charge on any atom is -0.383 e. The van der Waals surface area contributed by atoms with Gasteiger partial charge in [0.15, 0.2) is 5.69 Å². The third-order valence-corrected chi connectivity index (χ3v) is 5.39. The molecule has 10 heteroatoms. The Morgan fingerprint density at radius 3 is 2.86 bits per heavy atom. The van der Waals surface area contributed by atoms with Crippen molar-refractivity contribution in [2.24, 2.45) is 0 Å². The number of aromatic nitrogens is 4. The van der Waals surface area contributed by atoms with Crippen molar-refractivity contribution in [1.82, 2.24) is 19.5 Å². The first-order valence-corrected chi connectivity index (χ1v) is 10.0. The second-order valence-electron chi connectivity index (χ2n) is 6.51. The topological polar surface area (TPSA) is 127 Å². The van der Waals surface area contributed by atoms with Crippen LogP contribution in [-0.2, 0) is 17.8 Å². The predicted molar refractivity (Wildman–Crippen MR) is 113 cm³/mol. The maximum absolute atomic E-state index is 12.8. The lowest BCUT2D eigenvalue weighted by Crippen LogP contribution is -2.39. The molecule has 0 fully saturated rings. The molecule has 0 bridgehead atoms. The van der Waals surface area contributed by atoms with E-state index in [9.17, 15) is 14.4 Å². The first-order valence-electron chi connectivity index (χ1n) is 9.16. The van der Waals surface area contributed by atoms with Gasteiger partial charge in [-0.2, -0.15) is 0 Å². The molecule has 0 aromatic carbocycles. The third-order valence-electron chi connectivity index (χ3n) is 4.45. The molecule has 3 aromatic heterocycles. The SMILES string of the molecule is CCCCn1c(N)c(N(C)C(=O)Cc2csc(-c3cccnc3)n2)c(=O)[nH]c1=O. The van der Waals surface area contributed by atoms with Crippen LogP contribution >= 0.6 is 11.3 Å². The van der Waals surface area contributed by atoms with Crippen LogP contribution in [0.2, 0.25) is 0 Å². The minimum atomic E-state index is -0.689. The molecule has 152 valence electrons. The van der Waals surface area contributed by atoms with Gasteiger partial charge in [0.2, 0.25) is 5.91 Å². The molecule has 29 heavy (non-hydrogen) atoms. The summed E-state index contributed by atoms with van der Waals surface area (Å²) in [5.41, 5.74) is 6.22. The number of nitrogens with zero attached hydrogens (tertiary/aromatic N) is 4. The Morgan fingerprint density at radius 1 is 1.38 bits per heavy atom. The lowest BCUT2D eigenvalue weighted by atomic mass is 10.2. The molecule has 9 nitrogen and oxygen atoms in total. The fraction of sp³-hybridized carbons (Fsp3) is 0.316. The van der Waals surface area contributed by atoms with Gasteiger partial charge >= 0.3 is 5.69 Å². The lowest BCUT2D eigenvalue weighted by Gasteiger charge is -2.20. The van der Waals surface area contributed by atoms with Crippen LogP contribution in [0.5, 0.6) is 0 Å². The van der Waals surface area contributed by atoms with Crippen LogP contribution in [0.25, 0.3) is 10.6 Å². The highest BCUT2D eigenvalue weighted by Gasteiger charge is 2.21. The fourth-order valence-corrected chi connectivity index (χ4v) is 3.66. The Hall–Kier alpha value is -3.27. The predicted octanol–water partition coefficient (Wildman–Crippen LogP) is 1.64. The van der Waals surface area contributed by atoms with Crippen LogP contribution in [0, 0.1) is 0 Å². The highest BCUT2D eigenvalue weighted by molar-refractivity contribution is 7.13. The Morgan fingerprint density at radius 2 is 2.17 bits per heavy atom. The largest absolute Gasteiger partial charge is 0.383 e. The second kappa shape index (κ2) is 8.82. The molecular weight excluding hydrogens is 392 g/mol. The number of hydrogen-bond donors (Lipinski definition) is 2. The number of thiazole rings is 1. The molecule has 0 aliphatic heterocycles. The van der Waals surface area contributed by atoms with Gasteiger partial charge in [0.25, 0.3) is 5.56 Å². The molecule has 0 radical (unpaired) electrons. The molecule has 3 aromatic rings. The number of unbranched alkanes of at least 4 members (excludes halogenated alkanes) is 1. The first-order chi connectivity index (χ1) is 13.9. The fourth-order valence-electron chi connectivity index (χ4n) is 2.85. The van der Waals surface area contributed by atoms with Gasteiger partial charge in [-0.25, -0.2) is 9.78 Å². The van der Waals surface area contributed by atoms with Crippen LogP contribution in [0.4, 0.5) is 11.5 Å². The number of carbonyl (C=O) groups is 1. The van der Waals surface area contributed by atoms with Crippen molar-refractivity contribution in [3.05, 3.63) is 56.4 Å². The number of rotatable bonds is 7. The molecule has 0 saturated heterocycles. The number of pyridine rings is 1. The standard InChI is InChI=1S/C19H22N6O3S/c1-3-4-8-25-16(20)15(17(27)23-19(25)28)24(2)14(26)9-13-11-29-18(22-13)12-6-5-7-21-10-12/h5-7,10-11H,3-4,8-9,20H2,1-2H3,(H,23,27,28). The number of carbonyl (C=O) groups excluding carboxylic acids is 1. The maximum atomic E-state index is 12.8. The summed E-state index contributed by atoms with van der Waals surface area (Å²) < 4.78 is 1.29. The summed E-state index contributed by atoms with van der Waals surface area (Å²) >= 11 is 1.41. The number of hydrogen-bond acceptors (Lipinski definition) is 7. The zero-order valence-corrected chi connectivity index (χ0v) is 17.0. The highest BCUT2D eigenvalue weighted by Crippen LogP contribution is 2.23. The van der Waals surface area contributed by atoms with E-state index in [0.29, 0.717) is 12.2 Å². The van der Waals surface area contributed by atoms with E-state index < -0.39 is 11.2 Å². The van der Waals surface area contributed by atoms with Gasteiger partial charge in [-0.3, -0.25) is 24.1 Å². The normalized spacial score (nSPS) is 10.8. The van der Waals surface area contributed by atoms with Crippen molar-refractivity contribution < 1.29 is 4.79 Å². The molecule has 1 amide bonds. The van der Waals surface area contributed by atoms with Crippen LogP contribution in [0.15, 0.2) is 39.5 Å². The van der Waals surface area contributed by atoms with Gasteiger partial charge in [-0.05, 0) is 18.6 Å². The monoisotopic (exact) mass is 414 g/mol. The molecule has 3 N–H and O–H groups in total. The van der Waals surface area contributed by atoms with Crippen molar-refractivity contribution in [3.63, 3.8) is 0 Å². The Bertz CT molecular complexity index is 1120. The number of H-pyrrole nitrogens is 1. The highest BCUT2D eigenvalue weighted by atomic mass is 32.1. The molecule has 0 atom stereocenters. The van der Waals surface area contributed by atoms with Gasteiger partial charge in [0, 0.05) is 36.9 Å². The third kappa shape index (κ3) is 4.43. The van der Waals surface area contributed by atoms with Crippen molar-refractivity contribution in [1.29, 1.82) is 0 Å². The number of anilines is 2. The Kier molecular flexibility index (Phi) is 6.23. The first kappa shape index (κ1) is 20.5. The van der Waals surface area contributed by atoms with Crippen LogP contribution in [0.1, 0.15) is 25.5 Å². The quantitative estimate of drug-likeness (QED) is 0.605. The molecule has 0 aliphatic rings. The number of nitrogens with two attached hydrogens (primary N) is 1. The summed E-state index contributed by atoms with van der Waals surface area (Å²) in [7, 11) is 1.46.